The van der Waals surface area contributed by atoms with Gasteiger partial charge in [-0.3, -0.25) is 0 Å². The molecular weight excluding hydrogens is 280 g/mol. The van der Waals surface area contributed by atoms with Crippen LogP contribution in [0.3, 0.4) is 0 Å². The lowest BCUT2D eigenvalue weighted by Gasteiger charge is -2.13. The van der Waals surface area contributed by atoms with E-state index < -0.39 is 11.2 Å². The number of thioether (sulfide) groups is 1. The molecule has 0 aliphatic carbocycles. The number of ether oxygens (including phenoxy) is 2. The maximum atomic E-state index is 11.6. The third-order valence-electron chi connectivity index (χ3n) is 2.75. The molecule has 0 amide bonds. The van der Waals surface area contributed by atoms with E-state index in [1.165, 1.54) is 11.8 Å². The van der Waals surface area contributed by atoms with Crippen molar-refractivity contribution in [2.75, 3.05) is 26.7 Å². The van der Waals surface area contributed by atoms with Crippen molar-refractivity contribution in [3.63, 3.8) is 0 Å². The zero-order chi connectivity index (χ0) is 14.4. The van der Waals surface area contributed by atoms with Crippen LogP contribution in [0.25, 0.3) is 6.08 Å². The minimum Gasteiger partial charge on any atom is -0.611 e. The third-order valence-corrected chi connectivity index (χ3v) is 5.16. The Morgan fingerprint density at radius 3 is 2.16 bits per heavy atom. The summed E-state index contributed by atoms with van der Waals surface area (Å²) >= 11 is 0.503. The molecule has 0 radical (unpaired) electrons. The summed E-state index contributed by atoms with van der Waals surface area (Å²) in [6, 6.07) is 3.90. The minimum absolute atomic E-state index is 0.801. The van der Waals surface area contributed by atoms with Crippen LogP contribution in [0.15, 0.2) is 16.4 Å². The molecule has 1 aromatic rings. The molecule has 1 unspecified atom stereocenters. The van der Waals surface area contributed by atoms with E-state index in [1.54, 1.807) is 20.5 Å². The lowest BCUT2D eigenvalue weighted by atomic mass is 10.1. The topological polar surface area (TPSA) is 41.5 Å². The normalized spacial score (nSPS) is 13.3. The second-order valence-electron chi connectivity index (χ2n) is 3.88. The molecule has 1 atom stereocenters. The van der Waals surface area contributed by atoms with Gasteiger partial charge < -0.3 is 14.0 Å². The smallest absolute Gasteiger partial charge is 0.186 e. The molecule has 1 rings (SSSR count). The Balaban J connectivity index is 3.30. The minimum atomic E-state index is -0.986. The summed E-state index contributed by atoms with van der Waals surface area (Å²) in [5.41, 5.74) is 1.98. The standard InChI is InChI=1S/C14H20O3S2/c1-6-11-12(16-2)7-10(8-13(11)17-3)9-14(18-4)19(5)15/h7-9H,6H2,1-5H3. The summed E-state index contributed by atoms with van der Waals surface area (Å²) < 4.78 is 23.2. The molecule has 0 bridgehead atoms. The predicted octanol–water partition coefficient (Wildman–Crippen LogP) is 3.31. The number of methoxy groups -OCH3 is 2. The van der Waals surface area contributed by atoms with Crippen molar-refractivity contribution in [1.29, 1.82) is 0 Å². The highest BCUT2D eigenvalue weighted by Crippen LogP contribution is 2.33. The number of hydrogen-bond acceptors (Lipinski definition) is 4. The summed E-state index contributed by atoms with van der Waals surface area (Å²) in [7, 11) is 3.30. The Kier molecular flexibility index (Phi) is 6.62. The summed E-state index contributed by atoms with van der Waals surface area (Å²) in [5, 5.41) is 0. The maximum absolute atomic E-state index is 11.6. The van der Waals surface area contributed by atoms with Crippen LogP contribution in [0.2, 0.25) is 0 Å². The first-order chi connectivity index (χ1) is 9.07. The second-order valence-corrected chi connectivity index (χ2v) is 6.33. The molecule has 0 aromatic heterocycles. The van der Waals surface area contributed by atoms with Crippen LogP contribution in [-0.4, -0.2) is 31.3 Å². The zero-order valence-corrected chi connectivity index (χ0v) is 13.6. The number of rotatable bonds is 6. The maximum Gasteiger partial charge on any atom is 0.186 e. The Labute approximate surface area is 122 Å². The molecular formula is C14H20O3S2. The average molecular weight is 300 g/mol. The SMILES string of the molecule is CCc1c(OC)cc(C=C(SC)[S+](C)[O-])cc1OC. The van der Waals surface area contributed by atoms with Crippen molar-refractivity contribution in [2.24, 2.45) is 0 Å². The molecule has 0 saturated heterocycles. The van der Waals surface area contributed by atoms with Gasteiger partial charge in [-0.25, -0.2) is 0 Å². The first kappa shape index (κ1) is 16.3. The van der Waals surface area contributed by atoms with Crippen LogP contribution in [0.5, 0.6) is 11.5 Å². The van der Waals surface area contributed by atoms with Crippen LogP contribution < -0.4 is 9.47 Å². The number of benzene rings is 1. The molecule has 1 aromatic carbocycles. The number of hydrogen-bond donors (Lipinski definition) is 0. The van der Waals surface area contributed by atoms with E-state index in [0.717, 1.165) is 33.3 Å². The first-order valence-electron chi connectivity index (χ1n) is 5.91. The van der Waals surface area contributed by atoms with Gasteiger partial charge in [0.05, 0.1) is 14.2 Å². The van der Waals surface area contributed by atoms with Crippen molar-refractivity contribution in [3.05, 3.63) is 27.5 Å². The molecule has 0 heterocycles. The van der Waals surface area contributed by atoms with Gasteiger partial charge >= 0.3 is 0 Å². The van der Waals surface area contributed by atoms with Gasteiger partial charge in [0.2, 0.25) is 0 Å². The molecule has 106 valence electrons. The molecule has 0 saturated carbocycles. The third kappa shape index (κ3) is 4.09. The van der Waals surface area contributed by atoms with Gasteiger partial charge in [-0.05, 0) is 41.5 Å². The Morgan fingerprint density at radius 1 is 1.32 bits per heavy atom. The fraction of sp³-hybridized carbons (Fsp3) is 0.429. The molecule has 0 aliphatic rings. The molecule has 0 spiro atoms. The largest absolute Gasteiger partial charge is 0.611 e. The van der Waals surface area contributed by atoms with Crippen LogP contribution in [0.1, 0.15) is 18.1 Å². The highest BCUT2D eigenvalue weighted by molar-refractivity contribution is 8.18. The fourth-order valence-electron chi connectivity index (χ4n) is 1.83. The molecule has 19 heavy (non-hydrogen) atoms. The Morgan fingerprint density at radius 2 is 1.84 bits per heavy atom. The molecule has 0 aliphatic heterocycles. The fourth-order valence-corrected chi connectivity index (χ4v) is 3.33. The van der Waals surface area contributed by atoms with Gasteiger partial charge in [-0.15, -0.1) is 0 Å². The van der Waals surface area contributed by atoms with Crippen LogP contribution in [0, 0.1) is 0 Å². The van der Waals surface area contributed by atoms with Crippen LogP contribution in [0.4, 0.5) is 0 Å². The monoisotopic (exact) mass is 300 g/mol. The van der Waals surface area contributed by atoms with Gasteiger partial charge in [0.15, 0.2) is 4.24 Å². The summed E-state index contributed by atoms with van der Waals surface area (Å²) in [5.74, 6) is 1.60. The molecule has 0 fully saturated rings. The van der Waals surface area contributed by atoms with Crippen molar-refractivity contribution in [3.8, 4) is 11.5 Å². The van der Waals surface area contributed by atoms with Crippen molar-refractivity contribution >= 4 is 29.0 Å². The zero-order valence-electron chi connectivity index (χ0n) is 12.0. The van der Waals surface area contributed by atoms with Gasteiger partial charge in [-0.2, -0.15) is 0 Å². The highest BCUT2D eigenvalue weighted by atomic mass is 32.3. The van der Waals surface area contributed by atoms with E-state index in [9.17, 15) is 4.55 Å². The average Bonchev–Trinajstić information content (AvgIpc) is 2.42. The van der Waals surface area contributed by atoms with E-state index in [4.69, 9.17) is 9.47 Å². The molecule has 3 nitrogen and oxygen atoms in total. The Hall–Kier alpha value is -0.780. The second kappa shape index (κ2) is 7.72. The quantitative estimate of drug-likeness (QED) is 0.756. The first-order valence-corrected chi connectivity index (χ1v) is 8.69. The highest BCUT2D eigenvalue weighted by Gasteiger charge is 2.12. The van der Waals surface area contributed by atoms with Crippen molar-refractivity contribution in [2.45, 2.75) is 13.3 Å². The van der Waals surface area contributed by atoms with E-state index in [0.29, 0.717) is 0 Å². The van der Waals surface area contributed by atoms with Gasteiger partial charge in [0.1, 0.15) is 17.8 Å². The summed E-state index contributed by atoms with van der Waals surface area (Å²) in [6.45, 7) is 2.06. The van der Waals surface area contributed by atoms with Crippen molar-refractivity contribution in [1.82, 2.24) is 0 Å². The lowest BCUT2D eigenvalue weighted by Crippen LogP contribution is -1.99. The van der Waals surface area contributed by atoms with Crippen LogP contribution >= 0.6 is 11.8 Å². The van der Waals surface area contributed by atoms with E-state index in [-0.39, 0.29) is 0 Å². The predicted molar refractivity (Wildman–Crippen MR) is 84.5 cm³/mol. The van der Waals surface area contributed by atoms with Crippen molar-refractivity contribution < 1.29 is 14.0 Å². The van der Waals surface area contributed by atoms with E-state index >= 15 is 0 Å². The molecule has 0 N–H and O–H groups in total. The van der Waals surface area contributed by atoms with Gasteiger partial charge in [-0.1, -0.05) is 18.7 Å². The van der Waals surface area contributed by atoms with E-state index in [2.05, 4.69) is 6.92 Å². The van der Waals surface area contributed by atoms with Gasteiger partial charge in [0.25, 0.3) is 0 Å². The van der Waals surface area contributed by atoms with Gasteiger partial charge in [0, 0.05) is 11.6 Å². The van der Waals surface area contributed by atoms with E-state index in [1.807, 2.05) is 24.5 Å². The summed E-state index contributed by atoms with van der Waals surface area (Å²) in [4.78, 5) is 0. The summed E-state index contributed by atoms with van der Waals surface area (Å²) in [6.07, 6.45) is 6.34. The lowest BCUT2D eigenvalue weighted by molar-refractivity contribution is 0.386. The Bertz CT molecular complexity index is 431. The van der Waals surface area contributed by atoms with Crippen LogP contribution in [-0.2, 0) is 17.6 Å². The molecule has 5 heteroatoms.